The molecule has 88 valence electrons. The number of aliphatic hydroxyl groups excluding tert-OH is 1. The zero-order valence-corrected chi connectivity index (χ0v) is 9.35. The van der Waals surface area contributed by atoms with Crippen LogP contribution in [0.4, 0.5) is 0 Å². The Labute approximate surface area is 98.7 Å². The van der Waals surface area contributed by atoms with Crippen molar-refractivity contribution in [2.75, 3.05) is 6.61 Å². The Morgan fingerprint density at radius 3 is 2.53 bits per heavy atom. The van der Waals surface area contributed by atoms with E-state index < -0.39 is 18.1 Å². The van der Waals surface area contributed by atoms with E-state index in [0.717, 1.165) is 0 Å². The van der Waals surface area contributed by atoms with Gasteiger partial charge in [0.25, 0.3) is 0 Å². The summed E-state index contributed by atoms with van der Waals surface area (Å²) in [6.07, 6.45) is 2.97. The van der Waals surface area contributed by atoms with Crippen molar-refractivity contribution in [1.29, 1.82) is 0 Å². The molecular formula is C7H13Cl2N3O3. The molecule has 0 amide bonds. The fourth-order valence-corrected chi connectivity index (χ4v) is 0.910. The fraction of sp³-hybridized carbons (Fsp3) is 0.429. The molecule has 1 heterocycles. The highest BCUT2D eigenvalue weighted by atomic mass is 35.5. The Morgan fingerprint density at radius 1 is 1.60 bits per heavy atom. The molecule has 0 fully saturated rings. The number of carbonyl (C=O) groups is 1. The monoisotopic (exact) mass is 257 g/mol. The molecule has 0 bridgehead atoms. The highest BCUT2D eigenvalue weighted by molar-refractivity contribution is 5.85. The van der Waals surface area contributed by atoms with Gasteiger partial charge in [0, 0.05) is 12.6 Å². The van der Waals surface area contributed by atoms with Gasteiger partial charge in [0.2, 0.25) is 0 Å². The largest absolute Gasteiger partial charge is 0.480 e. The van der Waals surface area contributed by atoms with E-state index in [1.54, 1.807) is 6.20 Å². The first kappa shape index (κ1) is 16.6. The van der Waals surface area contributed by atoms with Crippen LogP contribution in [0.15, 0.2) is 12.5 Å². The lowest BCUT2D eigenvalue weighted by atomic mass is 9.96. The van der Waals surface area contributed by atoms with Crippen LogP contribution in [-0.2, 0) is 11.2 Å². The highest BCUT2D eigenvalue weighted by Gasteiger charge is 2.34. The van der Waals surface area contributed by atoms with Gasteiger partial charge in [-0.25, -0.2) is 4.98 Å². The summed E-state index contributed by atoms with van der Waals surface area (Å²) in [7, 11) is 0. The summed E-state index contributed by atoms with van der Waals surface area (Å²) >= 11 is 0. The van der Waals surface area contributed by atoms with E-state index in [-0.39, 0.29) is 31.2 Å². The maximum atomic E-state index is 10.7. The predicted molar refractivity (Wildman–Crippen MR) is 58.4 cm³/mol. The maximum absolute atomic E-state index is 10.7. The van der Waals surface area contributed by atoms with Crippen LogP contribution in [-0.4, -0.2) is 38.3 Å². The van der Waals surface area contributed by atoms with E-state index in [4.69, 9.17) is 15.9 Å². The molecule has 5 N–H and O–H groups in total. The van der Waals surface area contributed by atoms with Crippen molar-refractivity contribution in [1.82, 2.24) is 9.97 Å². The standard InChI is InChI=1S/C7H11N3O3.2ClH/c8-7(3-11,6(12)13)1-5-2-9-4-10-5;;/h2,4,11H,1,3,8H2,(H,9,10)(H,12,13);2*1H/t7-;;/m1../s1. The number of rotatable bonds is 4. The van der Waals surface area contributed by atoms with Gasteiger partial charge < -0.3 is 20.9 Å². The molecule has 0 aliphatic rings. The number of hydrogen-bond donors (Lipinski definition) is 4. The van der Waals surface area contributed by atoms with Gasteiger partial charge in [-0.05, 0) is 0 Å². The first-order valence-electron chi connectivity index (χ1n) is 3.69. The lowest BCUT2D eigenvalue weighted by Crippen LogP contribution is -2.53. The average Bonchev–Trinajstić information content (AvgIpc) is 2.56. The Hall–Kier alpha value is -0.820. The van der Waals surface area contributed by atoms with Crippen molar-refractivity contribution in [3.63, 3.8) is 0 Å². The van der Waals surface area contributed by atoms with Crippen LogP contribution in [0, 0.1) is 0 Å². The maximum Gasteiger partial charge on any atom is 0.326 e. The van der Waals surface area contributed by atoms with Crippen molar-refractivity contribution in [2.45, 2.75) is 12.0 Å². The summed E-state index contributed by atoms with van der Waals surface area (Å²) in [4.78, 5) is 17.2. The van der Waals surface area contributed by atoms with Crippen LogP contribution in [0.1, 0.15) is 5.69 Å². The Bertz CT molecular complexity index is 294. The second kappa shape index (κ2) is 6.62. The van der Waals surface area contributed by atoms with Crippen LogP contribution in [0.3, 0.4) is 0 Å². The molecule has 6 nitrogen and oxygen atoms in total. The molecule has 0 aromatic carbocycles. The van der Waals surface area contributed by atoms with Gasteiger partial charge in [-0.2, -0.15) is 0 Å². The number of nitrogens with zero attached hydrogens (tertiary/aromatic N) is 1. The van der Waals surface area contributed by atoms with E-state index in [1.165, 1.54) is 6.33 Å². The number of aromatic nitrogens is 2. The highest BCUT2D eigenvalue weighted by Crippen LogP contribution is 2.08. The molecule has 1 rings (SSSR count). The van der Waals surface area contributed by atoms with Gasteiger partial charge in [0.05, 0.1) is 18.6 Å². The number of carboxylic acid groups (broad SMARTS) is 1. The number of H-pyrrole nitrogens is 1. The molecular weight excluding hydrogens is 245 g/mol. The summed E-state index contributed by atoms with van der Waals surface area (Å²) in [5.74, 6) is -1.24. The number of nitrogens with one attached hydrogen (secondary N) is 1. The lowest BCUT2D eigenvalue weighted by molar-refractivity contribution is -0.144. The van der Waals surface area contributed by atoms with Gasteiger partial charge >= 0.3 is 5.97 Å². The van der Waals surface area contributed by atoms with Crippen LogP contribution in [0.2, 0.25) is 0 Å². The minimum Gasteiger partial charge on any atom is -0.480 e. The molecule has 0 aliphatic carbocycles. The third-order valence-corrected chi connectivity index (χ3v) is 1.76. The molecule has 1 aromatic rings. The second-order valence-electron chi connectivity index (χ2n) is 2.86. The van der Waals surface area contributed by atoms with Gasteiger partial charge in [-0.1, -0.05) is 0 Å². The minimum atomic E-state index is -1.64. The van der Waals surface area contributed by atoms with E-state index in [0.29, 0.717) is 5.69 Å². The summed E-state index contributed by atoms with van der Waals surface area (Å²) in [5, 5.41) is 17.5. The van der Waals surface area contributed by atoms with E-state index in [1.807, 2.05) is 0 Å². The average molecular weight is 258 g/mol. The first-order chi connectivity index (χ1) is 6.08. The van der Waals surface area contributed by atoms with Crippen molar-refractivity contribution in [2.24, 2.45) is 5.73 Å². The third-order valence-electron chi connectivity index (χ3n) is 1.76. The van der Waals surface area contributed by atoms with E-state index in [9.17, 15) is 4.79 Å². The number of imidazole rings is 1. The van der Waals surface area contributed by atoms with Gasteiger partial charge in [-0.3, -0.25) is 4.79 Å². The summed E-state index contributed by atoms with van der Waals surface area (Å²) < 4.78 is 0. The zero-order valence-electron chi connectivity index (χ0n) is 7.71. The van der Waals surface area contributed by atoms with Crippen LogP contribution < -0.4 is 5.73 Å². The summed E-state index contributed by atoms with van der Waals surface area (Å²) in [6, 6.07) is 0. The third kappa shape index (κ3) is 4.05. The molecule has 0 aliphatic heterocycles. The van der Waals surface area contributed by atoms with Gasteiger partial charge in [0.15, 0.2) is 0 Å². The van der Waals surface area contributed by atoms with E-state index >= 15 is 0 Å². The molecule has 1 atom stereocenters. The molecule has 1 aromatic heterocycles. The van der Waals surface area contributed by atoms with Crippen LogP contribution in [0.5, 0.6) is 0 Å². The molecule has 0 unspecified atom stereocenters. The van der Waals surface area contributed by atoms with Gasteiger partial charge in [-0.15, -0.1) is 24.8 Å². The summed E-state index contributed by atoms with van der Waals surface area (Å²) in [5.41, 5.74) is 4.30. The van der Waals surface area contributed by atoms with Crippen LogP contribution >= 0.6 is 24.8 Å². The Morgan fingerprint density at radius 2 is 2.20 bits per heavy atom. The van der Waals surface area contributed by atoms with Crippen molar-refractivity contribution in [3.05, 3.63) is 18.2 Å². The number of aromatic amines is 1. The minimum absolute atomic E-state index is 0. The predicted octanol–water partition coefficient (Wildman–Crippen LogP) is -0.430. The molecule has 15 heavy (non-hydrogen) atoms. The molecule has 0 saturated heterocycles. The Kier molecular flexibility index (Phi) is 7.33. The number of halogens is 2. The van der Waals surface area contributed by atoms with Crippen molar-refractivity contribution >= 4 is 30.8 Å². The fourth-order valence-electron chi connectivity index (χ4n) is 0.910. The number of aliphatic carboxylic acids is 1. The molecule has 0 radical (unpaired) electrons. The van der Waals surface area contributed by atoms with E-state index in [2.05, 4.69) is 9.97 Å². The first-order valence-corrected chi connectivity index (χ1v) is 3.69. The number of carboxylic acids is 1. The lowest BCUT2D eigenvalue weighted by Gasteiger charge is -2.20. The molecule has 0 spiro atoms. The SMILES string of the molecule is Cl.Cl.N[C@@](CO)(Cc1c[nH]cn1)C(=O)O. The topological polar surface area (TPSA) is 112 Å². The molecule has 8 heteroatoms. The summed E-state index contributed by atoms with van der Waals surface area (Å²) in [6.45, 7) is -0.616. The Balaban J connectivity index is 0. The van der Waals surface area contributed by atoms with Crippen molar-refractivity contribution in [3.8, 4) is 0 Å². The number of hydrogen-bond acceptors (Lipinski definition) is 4. The zero-order chi connectivity index (χ0) is 9.90. The van der Waals surface area contributed by atoms with Crippen molar-refractivity contribution < 1.29 is 15.0 Å². The number of nitrogens with two attached hydrogens (primary N) is 1. The quantitative estimate of drug-likeness (QED) is 0.585. The van der Waals surface area contributed by atoms with Gasteiger partial charge in [0.1, 0.15) is 5.54 Å². The smallest absolute Gasteiger partial charge is 0.326 e. The van der Waals surface area contributed by atoms with Crippen LogP contribution in [0.25, 0.3) is 0 Å². The normalized spacial score (nSPS) is 13.2. The second-order valence-corrected chi connectivity index (χ2v) is 2.86. The molecule has 0 saturated carbocycles. The number of aliphatic hydroxyl groups is 1.